The molecule has 2 rings (SSSR count). The number of thiophene rings is 1. The molecule has 1 aromatic heterocycles. The van der Waals surface area contributed by atoms with E-state index in [2.05, 4.69) is 39.0 Å². The van der Waals surface area contributed by atoms with Gasteiger partial charge in [-0.05, 0) is 59.2 Å². The van der Waals surface area contributed by atoms with Gasteiger partial charge in [-0.1, -0.05) is 12.1 Å². The maximum Gasteiger partial charge on any atom is 0.387 e. The van der Waals surface area contributed by atoms with Gasteiger partial charge in [-0.3, -0.25) is 0 Å². The summed E-state index contributed by atoms with van der Waals surface area (Å²) in [4.78, 5) is 1.21. The lowest BCUT2D eigenvalue weighted by Crippen LogP contribution is -2.17. The number of hydrogen-bond acceptors (Lipinski definition) is 3. The molecule has 2 aromatic rings. The van der Waals surface area contributed by atoms with Crippen LogP contribution in [0.15, 0.2) is 34.1 Å². The van der Waals surface area contributed by atoms with Crippen molar-refractivity contribution in [2.45, 2.75) is 19.6 Å². The van der Waals surface area contributed by atoms with Gasteiger partial charge in [0.05, 0.1) is 9.83 Å². The van der Waals surface area contributed by atoms with Crippen LogP contribution in [0.5, 0.6) is 5.75 Å². The largest absolute Gasteiger partial charge is 0.435 e. The minimum atomic E-state index is -2.80. The van der Waals surface area contributed by atoms with Crippen LogP contribution in [0.4, 0.5) is 8.78 Å². The first-order chi connectivity index (χ1) is 9.51. The summed E-state index contributed by atoms with van der Waals surface area (Å²) in [7, 11) is 1.87. The lowest BCUT2D eigenvalue weighted by molar-refractivity contribution is -0.0498. The van der Waals surface area contributed by atoms with Crippen LogP contribution in [-0.4, -0.2) is 13.7 Å². The first-order valence-electron chi connectivity index (χ1n) is 5.99. The molecule has 0 bridgehead atoms. The number of benzene rings is 1. The molecule has 2 nitrogen and oxygen atoms in total. The molecule has 0 amide bonds. The topological polar surface area (TPSA) is 21.3 Å². The average Bonchev–Trinajstić information content (AvgIpc) is 2.71. The van der Waals surface area contributed by atoms with Crippen LogP contribution in [0.3, 0.4) is 0 Å². The number of rotatable bonds is 5. The Labute approximate surface area is 128 Å². The SMILES string of the molecule is CNC(c1ccc(OC(F)F)cc1)c1cc(Br)sc1C. The maximum absolute atomic E-state index is 12.1. The number of alkyl halides is 2. The zero-order valence-corrected chi connectivity index (χ0v) is 13.4. The van der Waals surface area contributed by atoms with E-state index >= 15 is 0 Å². The molecule has 1 unspecified atom stereocenters. The molecule has 0 aliphatic carbocycles. The highest BCUT2D eigenvalue weighted by atomic mass is 79.9. The molecule has 6 heteroatoms. The van der Waals surface area contributed by atoms with Gasteiger partial charge in [0.1, 0.15) is 5.75 Å². The molecule has 0 saturated heterocycles. The van der Waals surface area contributed by atoms with Gasteiger partial charge in [0, 0.05) is 4.88 Å². The fraction of sp³-hybridized carbons (Fsp3) is 0.286. The van der Waals surface area contributed by atoms with Crippen molar-refractivity contribution >= 4 is 27.3 Å². The molecule has 0 aliphatic heterocycles. The van der Waals surface area contributed by atoms with Crippen LogP contribution in [0, 0.1) is 6.92 Å². The molecule has 0 aliphatic rings. The molecule has 0 fully saturated rings. The van der Waals surface area contributed by atoms with Crippen molar-refractivity contribution in [3.63, 3.8) is 0 Å². The van der Waals surface area contributed by atoms with Gasteiger partial charge < -0.3 is 10.1 Å². The highest BCUT2D eigenvalue weighted by Gasteiger charge is 2.17. The predicted octanol–water partition coefficient (Wildman–Crippen LogP) is 4.73. The normalized spacial score (nSPS) is 12.7. The monoisotopic (exact) mass is 361 g/mol. The van der Waals surface area contributed by atoms with Crippen LogP contribution >= 0.6 is 27.3 Å². The molecule has 108 valence electrons. The highest BCUT2D eigenvalue weighted by Crippen LogP contribution is 2.34. The summed E-state index contributed by atoms with van der Waals surface area (Å²) in [5, 5.41) is 3.25. The quantitative estimate of drug-likeness (QED) is 0.830. The zero-order valence-electron chi connectivity index (χ0n) is 11.0. The van der Waals surface area contributed by atoms with Gasteiger partial charge in [0.2, 0.25) is 0 Å². The fourth-order valence-corrected chi connectivity index (χ4v) is 3.84. The second-order valence-corrected chi connectivity index (χ2v) is 6.87. The lowest BCUT2D eigenvalue weighted by atomic mass is 9.99. The van der Waals surface area contributed by atoms with Crippen molar-refractivity contribution in [2.75, 3.05) is 7.05 Å². The van der Waals surface area contributed by atoms with E-state index in [1.165, 1.54) is 10.4 Å². The summed E-state index contributed by atoms with van der Waals surface area (Å²) < 4.78 is 29.7. The predicted molar refractivity (Wildman–Crippen MR) is 80.7 cm³/mol. The van der Waals surface area contributed by atoms with E-state index in [-0.39, 0.29) is 11.8 Å². The van der Waals surface area contributed by atoms with Crippen molar-refractivity contribution in [3.8, 4) is 5.75 Å². The summed E-state index contributed by atoms with van der Waals surface area (Å²) in [6.45, 7) is -0.736. The van der Waals surface area contributed by atoms with Gasteiger partial charge in [0.25, 0.3) is 0 Å². The molecule has 0 spiro atoms. The van der Waals surface area contributed by atoms with E-state index in [1.54, 1.807) is 35.6 Å². The third kappa shape index (κ3) is 3.56. The van der Waals surface area contributed by atoms with Crippen molar-refractivity contribution < 1.29 is 13.5 Å². The van der Waals surface area contributed by atoms with E-state index < -0.39 is 6.61 Å². The molecular formula is C14H14BrF2NOS. The number of ether oxygens (including phenoxy) is 1. The van der Waals surface area contributed by atoms with Gasteiger partial charge >= 0.3 is 6.61 Å². The van der Waals surface area contributed by atoms with Crippen molar-refractivity contribution in [1.29, 1.82) is 0 Å². The summed E-state index contributed by atoms with van der Waals surface area (Å²) in [5.41, 5.74) is 2.18. The summed E-state index contributed by atoms with van der Waals surface area (Å²) >= 11 is 5.15. The number of halogens is 3. The van der Waals surface area contributed by atoms with Crippen LogP contribution in [0.1, 0.15) is 22.0 Å². The van der Waals surface area contributed by atoms with E-state index in [9.17, 15) is 8.78 Å². The minimum Gasteiger partial charge on any atom is -0.435 e. The third-order valence-corrected chi connectivity index (χ3v) is 4.53. The van der Waals surface area contributed by atoms with Crippen LogP contribution in [0.2, 0.25) is 0 Å². The molecule has 1 aromatic carbocycles. The van der Waals surface area contributed by atoms with Crippen LogP contribution < -0.4 is 10.1 Å². The highest BCUT2D eigenvalue weighted by molar-refractivity contribution is 9.11. The summed E-state index contributed by atoms with van der Waals surface area (Å²) in [6, 6.07) is 8.81. The number of nitrogens with one attached hydrogen (secondary N) is 1. The van der Waals surface area contributed by atoms with Crippen molar-refractivity contribution in [2.24, 2.45) is 0 Å². The van der Waals surface area contributed by atoms with E-state index in [1.807, 2.05) is 7.05 Å². The van der Waals surface area contributed by atoms with Crippen molar-refractivity contribution in [1.82, 2.24) is 5.32 Å². The first kappa shape index (κ1) is 15.4. The average molecular weight is 362 g/mol. The van der Waals surface area contributed by atoms with Gasteiger partial charge in [0.15, 0.2) is 0 Å². The Bertz CT molecular complexity index is 571. The van der Waals surface area contributed by atoms with Gasteiger partial charge in [-0.15, -0.1) is 11.3 Å². The number of hydrogen-bond donors (Lipinski definition) is 1. The van der Waals surface area contributed by atoms with Gasteiger partial charge in [-0.25, -0.2) is 0 Å². The summed E-state index contributed by atoms with van der Waals surface area (Å²) in [5.74, 6) is 0.168. The Kier molecular flexibility index (Phi) is 5.12. The molecule has 1 heterocycles. The first-order valence-corrected chi connectivity index (χ1v) is 7.60. The van der Waals surface area contributed by atoms with Crippen LogP contribution in [0.25, 0.3) is 0 Å². The summed E-state index contributed by atoms with van der Waals surface area (Å²) in [6.07, 6.45) is 0. The van der Waals surface area contributed by atoms with E-state index in [0.29, 0.717) is 0 Å². The Morgan fingerprint density at radius 2 is 1.90 bits per heavy atom. The zero-order chi connectivity index (χ0) is 14.7. The fourth-order valence-electron chi connectivity index (χ4n) is 2.09. The minimum absolute atomic E-state index is 0.0261. The molecular weight excluding hydrogens is 348 g/mol. The molecule has 0 radical (unpaired) electrons. The smallest absolute Gasteiger partial charge is 0.387 e. The second-order valence-electron chi connectivity index (χ2n) is 4.23. The van der Waals surface area contributed by atoms with Crippen LogP contribution in [-0.2, 0) is 0 Å². The molecule has 0 saturated carbocycles. The van der Waals surface area contributed by atoms with E-state index in [0.717, 1.165) is 9.35 Å². The second kappa shape index (κ2) is 6.65. The number of aryl methyl sites for hydroxylation is 1. The Morgan fingerprint density at radius 3 is 2.35 bits per heavy atom. The van der Waals surface area contributed by atoms with Gasteiger partial charge in [-0.2, -0.15) is 8.78 Å². The van der Waals surface area contributed by atoms with Crippen molar-refractivity contribution in [3.05, 3.63) is 50.1 Å². The Morgan fingerprint density at radius 1 is 1.25 bits per heavy atom. The third-order valence-electron chi connectivity index (χ3n) is 2.96. The Hall–Kier alpha value is -0.980. The lowest BCUT2D eigenvalue weighted by Gasteiger charge is -2.17. The van der Waals surface area contributed by atoms with E-state index in [4.69, 9.17) is 0 Å². The molecule has 1 atom stereocenters. The molecule has 1 N–H and O–H groups in total. The molecule has 20 heavy (non-hydrogen) atoms. The maximum atomic E-state index is 12.1. The Balaban J connectivity index is 2.26. The standard InChI is InChI=1S/C14H14BrF2NOS/c1-8-11(7-12(15)20-8)13(18-2)9-3-5-10(6-4-9)19-14(16)17/h3-7,13-14,18H,1-2H3.